The number of benzene rings is 8. The molecule has 0 aromatic heterocycles. The van der Waals surface area contributed by atoms with Crippen molar-refractivity contribution in [2.24, 2.45) is 0 Å². The van der Waals surface area contributed by atoms with Gasteiger partial charge in [0.15, 0.2) is 0 Å². The molecule has 9 rings (SSSR count). The smallest absolute Gasteiger partial charge is 0.269 e. The highest BCUT2D eigenvalue weighted by Crippen LogP contribution is 2.44. The number of nitro benzene ring substituents is 4. The van der Waals surface area contributed by atoms with Crippen molar-refractivity contribution in [3.8, 4) is 23.0 Å². The number of anilines is 4. The summed E-state index contributed by atoms with van der Waals surface area (Å²) >= 11 is 0. The summed E-state index contributed by atoms with van der Waals surface area (Å²) < 4.78 is 179. The van der Waals surface area contributed by atoms with Crippen LogP contribution in [0.1, 0.15) is 44.5 Å². The molecule has 1 aliphatic rings. The Labute approximate surface area is 572 Å². The maximum absolute atomic E-state index is 15.1. The third-order valence-electron chi connectivity index (χ3n) is 15.1. The maximum atomic E-state index is 15.1. The van der Waals surface area contributed by atoms with Crippen molar-refractivity contribution in [3.05, 3.63) is 231 Å². The van der Waals surface area contributed by atoms with E-state index < -0.39 is 105 Å². The fraction of sp³-hybridized carbons (Fsp3) is 0.250. The molecular formula is C64H64N8O24S4. The minimum Gasteiger partial charge on any atom is -0.491 e. The highest BCUT2D eigenvalue weighted by molar-refractivity contribution is 7.93. The van der Waals surface area contributed by atoms with Crippen LogP contribution in [-0.2, 0) is 84.7 Å². The van der Waals surface area contributed by atoms with Gasteiger partial charge in [0.25, 0.3) is 62.8 Å². The van der Waals surface area contributed by atoms with Gasteiger partial charge in [-0.2, -0.15) is 0 Å². The molecule has 0 saturated carbocycles. The molecule has 0 atom stereocenters. The van der Waals surface area contributed by atoms with Crippen molar-refractivity contribution < 1.29 is 91.3 Å². The number of non-ortho nitro benzene ring substituents is 4. The Balaban J connectivity index is 1.42. The van der Waals surface area contributed by atoms with Crippen LogP contribution in [0.2, 0.25) is 0 Å². The van der Waals surface area contributed by atoms with E-state index in [4.69, 9.17) is 37.9 Å². The lowest BCUT2D eigenvalue weighted by Gasteiger charge is -2.25. The van der Waals surface area contributed by atoms with E-state index in [1.54, 1.807) is 0 Å². The monoisotopic (exact) mass is 1460 g/mol. The van der Waals surface area contributed by atoms with Gasteiger partial charge in [-0.3, -0.25) is 59.3 Å². The largest absolute Gasteiger partial charge is 0.491 e. The van der Waals surface area contributed by atoms with Gasteiger partial charge < -0.3 is 37.9 Å². The van der Waals surface area contributed by atoms with Gasteiger partial charge in [0, 0.05) is 170 Å². The molecule has 0 aliphatic heterocycles. The third-order valence-corrected chi connectivity index (χ3v) is 20.5. The zero-order valence-corrected chi connectivity index (χ0v) is 56.8. The molecular weight excluding hydrogens is 1390 g/mol. The van der Waals surface area contributed by atoms with Crippen molar-refractivity contribution in [2.75, 3.05) is 100 Å². The van der Waals surface area contributed by atoms with Crippen LogP contribution in [0.3, 0.4) is 0 Å². The summed E-state index contributed by atoms with van der Waals surface area (Å²) in [5.41, 5.74) is -1.99. The van der Waals surface area contributed by atoms with Gasteiger partial charge in [0.2, 0.25) is 0 Å². The summed E-state index contributed by atoms with van der Waals surface area (Å²) in [5.74, 6) is -0.236. The van der Waals surface area contributed by atoms with Crippen LogP contribution in [0.5, 0.6) is 23.0 Å². The molecule has 528 valence electrons. The SMILES string of the molecule is COCCOc1c2cc(S(=O)(=O)Nc3ccc([N+](=O)[O-])cc3)cc1Cc1cc(S(=O)(=O)Nc3ccc([N+](=O)[O-])cc3)cc(c1OCCOC)Cc1cc(S(=O)(=O)Nc3ccc([N+](=O)[O-])cc3)cc(c1OCCOC)Cc1cc(S(=O)(=O)Nc3ccc([N+](=O)[O-])cc3)cc(c1OCCOC)C2. The molecule has 8 bridgehead atoms. The summed E-state index contributed by atoms with van der Waals surface area (Å²) in [4.78, 5) is 42.0. The number of sulfonamides is 4. The Hall–Kier alpha value is -10.6. The number of rotatable bonds is 32. The Bertz CT molecular complexity index is 4150. The van der Waals surface area contributed by atoms with Gasteiger partial charge in [-0.05, 0) is 97.1 Å². The molecule has 1 aliphatic carbocycles. The lowest BCUT2D eigenvalue weighted by molar-refractivity contribution is -0.385. The summed E-state index contributed by atoms with van der Waals surface area (Å²) in [6.45, 7) is -1.26. The van der Waals surface area contributed by atoms with E-state index in [0.29, 0.717) is 0 Å². The molecule has 0 unspecified atom stereocenters. The first-order valence-electron chi connectivity index (χ1n) is 29.8. The number of fused-ring (bicyclic) bond motifs is 8. The summed E-state index contributed by atoms with van der Waals surface area (Å²) in [6.07, 6.45) is -2.06. The lowest BCUT2D eigenvalue weighted by atomic mass is 9.91. The van der Waals surface area contributed by atoms with Gasteiger partial charge in [0.05, 0.1) is 65.7 Å². The fourth-order valence-electron chi connectivity index (χ4n) is 10.5. The molecule has 100 heavy (non-hydrogen) atoms. The summed E-state index contributed by atoms with van der Waals surface area (Å²) in [6, 6.07) is 27.5. The Kier molecular flexibility index (Phi) is 23.5. The Morgan fingerprint density at radius 2 is 0.450 bits per heavy atom. The number of nitro groups is 4. The molecule has 0 heterocycles. The van der Waals surface area contributed by atoms with E-state index in [-0.39, 0.29) is 166 Å². The molecule has 0 fully saturated rings. The van der Waals surface area contributed by atoms with Gasteiger partial charge in [-0.25, -0.2) is 33.7 Å². The van der Waals surface area contributed by atoms with Gasteiger partial charge in [0.1, 0.15) is 49.4 Å². The zero-order chi connectivity index (χ0) is 72.1. The van der Waals surface area contributed by atoms with Crippen LogP contribution in [0.25, 0.3) is 0 Å². The van der Waals surface area contributed by atoms with Crippen LogP contribution < -0.4 is 37.8 Å². The predicted octanol–water partition coefficient (Wildman–Crippen LogP) is 9.30. The molecule has 32 nitrogen and oxygen atoms in total. The maximum Gasteiger partial charge on any atom is 0.269 e. The first-order chi connectivity index (χ1) is 47.6. The molecule has 8 aromatic carbocycles. The van der Waals surface area contributed by atoms with E-state index in [2.05, 4.69) is 18.9 Å². The predicted molar refractivity (Wildman–Crippen MR) is 362 cm³/mol. The van der Waals surface area contributed by atoms with Crippen molar-refractivity contribution in [1.29, 1.82) is 0 Å². The minimum atomic E-state index is -4.83. The lowest BCUT2D eigenvalue weighted by Crippen LogP contribution is -2.18. The first kappa shape index (κ1) is 73.6. The van der Waals surface area contributed by atoms with Crippen LogP contribution >= 0.6 is 0 Å². The van der Waals surface area contributed by atoms with Crippen molar-refractivity contribution in [3.63, 3.8) is 0 Å². The van der Waals surface area contributed by atoms with Crippen LogP contribution in [0.15, 0.2) is 165 Å². The Morgan fingerprint density at radius 1 is 0.290 bits per heavy atom. The molecule has 0 saturated heterocycles. The van der Waals surface area contributed by atoms with Crippen LogP contribution in [-0.4, -0.2) is 135 Å². The average Bonchev–Trinajstić information content (AvgIpc) is 0.765. The van der Waals surface area contributed by atoms with E-state index in [1.165, 1.54) is 77.0 Å². The van der Waals surface area contributed by atoms with Gasteiger partial charge in [-0.1, -0.05) is 0 Å². The first-order valence-corrected chi connectivity index (χ1v) is 35.7. The quantitative estimate of drug-likeness (QED) is 0.0173. The second-order valence-electron chi connectivity index (χ2n) is 22.0. The number of nitrogens with zero attached hydrogens (tertiary/aromatic N) is 4. The molecule has 0 amide bonds. The highest BCUT2D eigenvalue weighted by atomic mass is 32.2. The van der Waals surface area contributed by atoms with Crippen LogP contribution in [0, 0.1) is 40.5 Å². The molecule has 36 heteroatoms. The van der Waals surface area contributed by atoms with E-state index in [0.717, 1.165) is 97.1 Å². The molecule has 4 N–H and O–H groups in total. The summed E-state index contributed by atoms with van der Waals surface area (Å²) in [5, 5.41) is 46.7. The van der Waals surface area contributed by atoms with E-state index in [9.17, 15) is 40.5 Å². The van der Waals surface area contributed by atoms with Crippen molar-refractivity contribution in [1.82, 2.24) is 0 Å². The van der Waals surface area contributed by atoms with E-state index >= 15 is 33.7 Å². The third kappa shape index (κ3) is 18.2. The van der Waals surface area contributed by atoms with Gasteiger partial charge in [-0.15, -0.1) is 0 Å². The molecule has 0 radical (unpaired) electrons. The number of ether oxygens (including phenoxy) is 8. The standard InChI is InChI=1S/C64H64N8O24S4/c1-89-21-25-93-61-41-29-43-35-58(98(83,84)66-50-7-15-54(16-8-50)70(75)76)37-45(62(43)94-26-22-90-2)31-47-39-60(100(87,88)68-52-11-19-56(20-12-52)72(79)80)40-48(64(47)96-28-24-92-4)32-46-38-59(99(85,86)67-51-9-17-55(18-10-51)71(77)78)36-44(63(46)95-27-23-91-3)30-42(61)34-57(33-41)97(81,82)65-49-5-13-53(14-6-49)69(73)74/h5-20,33-40,65-68H,21-32H2,1-4H3. The van der Waals surface area contributed by atoms with Gasteiger partial charge >= 0.3 is 0 Å². The number of hydrogen-bond acceptors (Lipinski definition) is 24. The topological polar surface area (TPSA) is 431 Å². The summed E-state index contributed by atoms with van der Waals surface area (Å²) in [7, 11) is -13.8. The number of hydrogen-bond donors (Lipinski definition) is 4. The Morgan fingerprint density at radius 3 is 0.590 bits per heavy atom. The number of nitrogens with one attached hydrogen (secondary N) is 4. The van der Waals surface area contributed by atoms with Crippen LogP contribution in [0.4, 0.5) is 45.5 Å². The average molecular weight is 1460 g/mol. The van der Waals surface area contributed by atoms with Crippen molar-refractivity contribution in [2.45, 2.75) is 45.3 Å². The second-order valence-corrected chi connectivity index (χ2v) is 28.7. The fourth-order valence-corrected chi connectivity index (χ4v) is 15.1. The molecule has 8 aromatic rings. The highest BCUT2D eigenvalue weighted by Gasteiger charge is 2.32. The molecule has 0 spiro atoms. The van der Waals surface area contributed by atoms with E-state index in [1.807, 2.05) is 0 Å². The zero-order valence-electron chi connectivity index (χ0n) is 53.6. The minimum absolute atomic E-state index is 0.00726. The second kappa shape index (κ2) is 31.9. The van der Waals surface area contributed by atoms with Crippen molar-refractivity contribution >= 4 is 85.6 Å². The normalized spacial score (nSPS) is 12.4. The number of methoxy groups -OCH3 is 4.